The van der Waals surface area contributed by atoms with Gasteiger partial charge in [0, 0.05) is 18.1 Å². The molecule has 3 fully saturated rings. The molecule has 0 spiro atoms. The number of carbonyl (C=O) groups is 1. The molecule has 1 N–H and O–H groups in total. The van der Waals surface area contributed by atoms with E-state index in [1.807, 2.05) is 0 Å². The first-order valence-corrected chi connectivity index (χ1v) is 14.5. The van der Waals surface area contributed by atoms with E-state index in [0.29, 0.717) is 5.41 Å². The summed E-state index contributed by atoms with van der Waals surface area (Å²) in [6, 6.07) is 0. The molecule has 4 aliphatic rings. The van der Waals surface area contributed by atoms with Crippen molar-refractivity contribution in [2.45, 2.75) is 120 Å². The van der Waals surface area contributed by atoms with Crippen LogP contribution in [0.4, 0.5) is 0 Å². The van der Waals surface area contributed by atoms with Gasteiger partial charge in [0.05, 0.1) is 0 Å². The standard InChI is InChI=1S/C31H52N2O/c1-20(2)10-9-11-21(3)24-13-14-25-23-12-15-27-29(5,6)28(33-32-22(4)34)17-19-31(27,8)26(23)16-18-30(24,25)7/h15,20-21,23-26H,9-14,16-19H2,1-8H3,(H,32,34)/b33-28-/t21?,23-,24?,25?,26?,30+,31+/m0/s1. The average molecular weight is 469 g/mol. The third-order valence-corrected chi connectivity index (χ3v) is 11.3. The average Bonchev–Trinajstić information content (AvgIpc) is 3.09. The highest BCUT2D eigenvalue weighted by molar-refractivity contribution is 5.94. The zero-order chi connectivity index (χ0) is 24.9. The van der Waals surface area contributed by atoms with Crippen LogP contribution < -0.4 is 5.43 Å². The van der Waals surface area contributed by atoms with Gasteiger partial charge in [0.2, 0.25) is 5.91 Å². The van der Waals surface area contributed by atoms with Crippen molar-refractivity contribution in [2.75, 3.05) is 0 Å². The number of amides is 1. The highest BCUT2D eigenvalue weighted by Gasteiger charge is 2.60. The van der Waals surface area contributed by atoms with E-state index in [1.54, 1.807) is 12.5 Å². The maximum atomic E-state index is 11.5. The molecule has 4 unspecified atom stereocenters. The second-order valence-electron chi connectivity index (χ2n) is 14.0. The highest BCUT2D eigenvalue weighted by Crippen LogP contribution is 2.68. The molecular weight excluding hydrogens is 416 g/mol. The minimum absolute atomic E-state index is 0.0652. The zero-order valence-electron chi connectivity index (χ0n) is 23.5. The second kappa shape index (κ2) is 9.40. The molecule has 0 aromatic rings. The lowest BCUT2D eigenvalue weighted by Gasteiger charge is -2.60. The smallest absolute Gasteiger partial charge is 0.236 e. The first-order valence-electron chi connectivity index (χ1n) is 14.5. The Bertz CT molecular complexity index is 838. The summed E-state index contributed by atoms with van der Waals surface area (Å²) in [6.45, 7) is 18.8. The van der Waals surface area contributed by atoms with Crippen molar-refractivity contribution in [2.24, 2.45) is 56.9 Å². The van der Waals surface area contributed by atoms with Crippen molar-refractivity contribution in [1.29, 1.82) is 0 Å². The van der Waals surface area contributed by atoms with E-state index in [4.69, 9.17) is 0 Å². The Hall–Kier alpha value is -1.12. The van der Waals surface area contributed by atoms with E-state index in [9.17, 15) is 4.79 Å². The summed E-state index contributed by atoms with van der Waals surface area (Å²) in [4.78, 5) is 11.5. The molecule has 0 bridgehead atoms. The van der Waals surface area contributed by atoms with E-state index in [0.717, 1.165) is 47.6 Å². The molecule has 0 aliphatic heterocycles. The second-order valence-corrected chi connectivity index (χ2v) is 14.0. The van der Waals surface area contributed by atoms with E-state index < -0.39 is 0 Å². The Morgan fingerprint density at radius 3 is 2.47 bits per heavy atom. The first kappa shape index (κ1) is 26.0. The highest BCUT2D eigenvalue weighted by atomic mass is 16.2. The van der Waals surface area contributed by atoms with Crippen LogP contribution in [0.3, 0.4) is 0 Å². The molecule has 3 heteroatoms. The van der Waals surface area contributed by atoms with Crippen molar-refractivity contribution in [3.63, 3.8) is 0 Å². The molecule has 7 atom stereocenters. The Labute approximate surface area is 210 Å². The molecule has 192 valence electrons. The van der Waals surface area contributed by atoms with Crippen molar-refractivity contribution in [3.05, 3.63) is 11.6 Å². The summed E-state index contributed by atoms with van der Waals surface area (Å²) >= 11 is 0. The Morgan fingerprint density at radius 1 is 1.06 bits per heavy atom. The predicted molar refractivity (Wildman–Crippen MR) is 143 cm³/mol. The zero-order valence-corrected chi connectivity index (χ0v) is 23.5. The third kappa shape index (κ3) is 4.32. The summed E-state index contributed by atoms with van der Waals surface area (Å²) in [5.74, 6) is 5.11. The Kier molecular flexibility index (Phi) is 7.17. The van der Waals surface area contributed by atoms with Crippen LogP contribution in [0.25, 0.3) is 0 Å². The van der Waals surface area contributed by atoms with Gasteiger partial charge in [0.1, 0.15) is 0 Å². The van der Waals surface area contributed by atoms with Gasteiger partial charge >= 0.3 is 0 Å². The number of allylic oxidation sites excluding steroid dienone is 2. The maximum absolute atomic E-state index is 11.5. The first-order chi connectivity index (χ1) is 15.9. The van der Waals surface area contributed by atoms with Gasteiger partial charge in [0.15, 0.2) is 0 Å². The third-order valence-electron chi connectivity index (χ3n) is 11.3. The fourth-order valence-electron chi connectivity index (χ4n) is 9.60. The van der Waals surface area contributed by atoms with Gasteiger partial charge in [0.25, 0.3) is 0 Å². The quantitative estimate of drug-likeness (QED) is 0.310. The summed E-state index contributed by atoms with van der Waals surface area (Å²) in [6.07, 6.45) is 16.0. The van der Waals surface area contributed by atoms with Crippen molar-refractivity contribution in [3.8, 4) is 0 Å². The van der Waals surface area contributed by atoms with Crippen molar-refractivity contribution < 1.29 is 4.79 Å². The predicted octanol–water partition coefficient (Wildman–Crippen LogP) is 8.16. The normalized spacial score (nSPS) is 40.9. The lowest BCUT2D eigenvalue weighted by molar-refractivity contribution is -0.118. The maximum Gasteiger partial charge on any atom is 0.236 e. The van der Waals surface area contributed by atoms with E-state index in [2.05, 4.69) is 65.1 Å². The molecular formula is C31H52N2O. The monoisotopic (exact) mass is 468 g/mol. The lowest BCUT2D eigenvalue weighted by Crippen LogP contribution is -2.54. The van der Waals surface area contributed by atoms with Crippen LogP contribution in [0.15, 0.2) is 16.8 Å². The van der Waals surface area contributed by atoms with Gasteiger partial charge in [-0.3, -0.25) is 4.79 Å². The lowest BCUT2D eigenvalue weighted by atomic mass is 9.44. The van der Waals surface area contributed by atoms with E-state index >= 15 is 0 Å². The van der Waals surface area contributed by atoms with Crippen LogP contribution in [0.2, 0.25) is 0 Å². The number of hydrogen-bond donors (Lipinski definition) is 1. The van der Waals surface area contributed by atoms with Gasteiger partial charge in [-0.05, 0) is 91.3 Å². The van der Waals surface area contributed by atoms with Crippen LogP contribution >= 0.6 is 0 Å². The van der Waals surface area contributed by atoms with Gasteiger partial charge < -0.3 is 0 Å². The number of hydrogen-bond acceptors (Lipinski definition) is 2. The van der Waals surface area contributed by atoms with Crippen LogP contribution in [0, 0.1) is 51.8 Å². The number of hydrazone groups is 1. The molecule has 3 nitrogen and oxygen atoms in total. The number of nitrogens with one attached hydrogen (secondary N) is 1. The minimum atomic E-state index is -0.0740. The Morgan fingerprint density at radius 2 is 1.79 bits per heavy atom. The van der Waals surface area contributed by atoms with Crippen LogP contribution in [-0.4, -0.2) is 11.6 Å². The van der Waals surface area contributed by atoms with E-state index in [-0.39, 0.29) is 16.7 Å². The Balaban J connectivity index is 1.54. The molecule has 0 radical (unpaired) electrons. The molecule has 4 rings (SSSR count). The van der Waals surface area contributed by atoms with Crippen LogP contribution in [-0.2, 0) is 4.79 Å². The minimum Gasteiger partial charge on any atom is -0.274 e. The summed E-state index contributed by atoms with van der Waals surface area (Å²) < 4.78 is 0. The van der Waals surface area contributed by atoms with Gasteiger partial charge in [-0.15, -0.1) is 0 Å². The molecule has 0 aromatic heterocycles. The molecule has 0 aromatic carbocycles. The number of carbonyl (C=O) groups excluding carboxylic acids is 1. The topological polar surface area (TPSA) is 41.5 Å². The van der Waals surface area contributed by atoms with Crippen LogP contribution in [0.5, 0.6) is 0 Å². The van der Waals surface area contributed by atoms with E-state index in [1.165, 1.54) is 57.8 Å². The number of rotatable bonds is 6. The fraction of sp³-hybridized carbons (Fsp3) is 0.871. The summed E-state index contributed by atoms with van der Waals surface area (Å²) in [7, 11) is 0. The fourth-order valence-corrected chi connectivity index (χ4v) is 9.60. The van der Waals surface area contributed by atoms with Crippen molar-refractivity contribution >= 4 is 11.6 Å². The molecule has 0 saturated heterocycles. The van der Waals surface area contributed by atoms with Gasteiger partial charge in [-0.2, -0.15) is 5.10 Å². The SMILES string of the molecule is CC(=O)N/N=C1/CC[C@@]2(C)C(=CC[C@H]3C4CCC(C(C)CCCC(C)C)[C@@]4(C)CCC32)C1(C)C. The summed E-state index contributed by atoms with van der Waals surface area (Å²) in [5, 5.41) is 4.57. The van der Waals surface area contributed by atoms with Gasteiger partial charge in [-0.25, -0.2) is 5.43 Å². The largest absolute Gasteiger partial charge is 0.274 e. The number of nitrogens with zero attached hydrogens (tertiary/aromatic N) is 1. The van der Waals surface area contributed by atoms with Crippen molar-refractivity contribution in [1.82, 2.24) is 5.43 Å². The summed E-state index contributed by atoms with van der Waals surface area (Å²) in [5.41, 5.74) is 6.25. The molecule has 34 heavy (non-hydrogen) atoms. The molecule has 1 amide bonds. The van der Waals surface area contributed by atoms with Gasteiger partial charge in [-0.1, -0.05) is 79.4 Å². The molecule has 3 saturated carbocycles. The van der Waals surface area contributed by atoms with Crippen LogP contribution in [0.1, 0.15) is 120 Å². The molecule has 4 aliphatic carbocycles. The number of fused-ring (bicyclic) bond motifs is 5. The molecule has 0 heterocycles.